The van der Waals surface area contributed by atoms with Crippen molar-refractivity contribution in [2.45, 2.75) is 13.5 Å². The predicted octanol–water partition coefficient (Wildman–Crippen LogP) is 4.38. The standard InChI is InChI=1S/C15H12BrFN2/c1-10-4-13(16)7-15(5-10)19-9-12-6-14(17)3-2-11(12)8-18/h2-7,19H,9H2,1H3. The van der Waals surface area contributed by atoms with Crippen LogP contribution in [-0.4, -0.2) is 0 Å². The van der Waals surface area contributed by atoms with E-state index in [0.717, 1.165) is 15.7 Å². The van der Waals surface area contributed by atoms with Gasteiger partial charge in [-0.25, -0.2) is 4.39 Å². The maximum absolute atomic E-state index is 13.2. The Morgan fingerprint density at radius 2 is 2.05 bits per heavy atom. The lowest BCUT2D eigenvalue weighted by Crippen LogP contribution is -2.02. The van der Waals surface area contributed by atoms with Crippen molar-refractivity contribution in [2.75, 3.05) is 5.32 Å². The summed E-state index contributed by atoms with van der Waals surface area (Å²) in [7, 11) is 0. The Balaban J connectivity index is 2.19. The van der Waals surface area contributed by atoms with E-state index in [0.29, 0.717) is 17.7 Å². The molecule has 0 heterocycles. The van der Waals surface area contributed by atoms with Crippen molar-refractivity contribution in [3.63, 3.8) is 0 Å². The number of anilines is 1. The minimum Gasteiger partial charge on any atom is -0.381 e. The van der Waals surface area contributed by atoms with E-state index >= 15 is 0 Å². The van der Waals surface area contributed by atoms with Crippen molar-refractivity contribution in [3.05, 3.63) is 63.4 Å². The quantitative estimate of drug-likeness (QED) is 0.911. The smallest absolute Gasteiger partial charge is 0.123 e. The first-order valence-electron chi connectivity index (χ1n) is 5.78. The zero-order valence-electron chi connectivity index (χ0n) is 10.4. The summed E-state index contributed by atoms with van der Waals surface area (Å²) < 4.78 is 14.2. The molecule has 96 valence electrons. The number of rotatable bonds is 3. The van der Waals surface area contributed by atoms with Gasteiger partial charge in [0.15, 0.2) is 0 Å². The van der Waals surface area contributed by atoms with E-state index in [9.17, 15) is 4.39 Å². The SMILES string of the molecule is Cc1cc(Br)cc(NCc2cc(F)ccc2C#N)c1. The van der Waals surface area contributed by atoms with Crippen LogP contribution in [0.2, 0.25) is 0 Å². The number of nitriles is 1. The molecule has 0 aromatic heterocycles. The van der Waals surface area contributed by atoms with Crippen molar-refractivity contribution in [1.82, 2.24) is 0 Å². The maximum Gasteiger partial charge on any atom is 0.123 e. The zero-order valence-corrected chi connectivity index (χ0v) is 12.0. The van der Waals surface area contributed by atoms with Gasteiger partial charge in [-0.15, -0.1) is 0 Å². The van der Waals surface area contributed by atoms with Crippen molar-refractivity contribution < 1.29 is 4.39 Å². The molecule has 0 bridgehead atoms. The fraction of sp³-hybridized carbons (Fsp3) is 0.133. The molecule has 19 heavy (non-hydrogen) atoms. The molecule has 2 aromatic rings. The van der Waals surface area contributed by atoms with Gasteiger partial charge in [-0.3, -0.25) is 0 Å². The molecule has 0 saturated carbocycles. The van der Waals surface area contributed by atoms with Gasteiger partial charge in [-0.05, 0) is 54.4 Å². The van der Waals surface area contributed by atoms with E-state index in [-0.39, 0.29) is 5.82 Å². The Labute approximate surface area is 120 Å². The van der Waals surface area contributed by atoms with Crippen molar-refractivity contribution in [2.24, 2.45) is 0 Å². The molecule has 2 aromatic carbocycles. The van der Waals surface area contributed by atoms with Gasteiger partial charge in [0.1, 0.15) is 5.82 Å². The summed E-state index contributed by atoms with van der Waals surface area (Å²) in [4.78, 5) is 0. The number of aryl methyl sites for hydroxylation is 1. The van der Waals surface area contributed by atoms with Crippen LogP contribution in [0, 0.1) is 24.1 Å². The molecule has 0 spiro atoms. The monoisotopic (exact) mass is 318 g/mol. The van der Waals surface area contributed by atoms with Crippen LogP contribution in [0.25, 0.3) is 0 Å². The Morgan fingerprint density at radius 1 is 1.26 bits per heavy atom. The molecule has 0 aliphatic heterocycles. The molecule has 4 heteroatoms. The molecule has 2 nitrogen and oxygen atoms in total. The van der Waals surface area contributed by atoms with E-state index in [1.165, 1.54) is 18.2 Å². The van der Waals surface area contributed by atoms with E-state index in [2.05, 4.69) is 27.3 Å². The highest BCUT2D eigenvalue weighted by molar-refractivity contribution is 9.10. The lowest BCUT2D eigenvalue weighted by Gasteiger charge is -2.09. The van der Waals surface area contributed by atoms with Gasteiger partial charge in [0.05, 0.1) is 11.6 Å². The summed E-state index contributed by atoms with van der Waals surface area (Å²) in [5.74, 6) is -0.332. The molecule has 0 fully saturated rings. The third-order valence-electron chi connectivity index (χ3n) is 2.71. The lowest BCUT2D eigenvalue weighted by molar-refractivity contribution is 0.625. The Bertz CT molecular complexity index is 627. The highest BCUT2D eigenvalue weighted by Crippen LogP contribution is 2.20. The predicted molar refractivity (Wildman–Crippen MR) is 77.3 cm³/mol. The number of halogens is 2. The van der Waals surface area contributed by atoms with Crippen LogP contribution in [0.4, 0.5) is 10.1 Å². The van der Waals surface area contributed by atoms with Gasteiger partial charge in [0.2, 0.25) is 0 Å². The highest BCUT2D eigenvalue weighted by Gasteiger charge is 2.04. The third kappa shape index (κ3) is 3.55. The van der Waals surface area contributed by atoms with Crippen LogP contribution < -0.4 is 5.32 Å². The van der Waals surface area contributed by atoms with E-state index in [4.69, 9.17) is 5.26 Å². The Kier molecular flexibility index (Phi) is 4.18. The molecule has 0 saturated heterocycles. The first kappa shape index (κ1) is 13.6. The highest BCUT2D eigenvalue weighted by atomic mass is 79.9. The minimum absolute atomic E-state index is 0.332. The second-order valence-corrected chi connectivity index (χ2v) is 5.20. The second-order valence-electron chi connectivity index (χ2n) is 4.28. The van der Waals surface area contributed by atoms with Gasteiger partial charge in [0.25, 0.3) is 0 Å². The first-order chi connectivity index (χ1) is 9.08. The molecule has 0 aliphatic carbocycles. The van der Waals surface area contributed by atoms with Crippen molar-refractivity contribution >= 4 is 21.6 Å². The fourth-order valence-electron chi connectivity index (χ4n) is 1.85. The van der Waals surface area contributed by atoms with E-state index in [1.54, 1.807) is 0 Å². The lowest BCUT2D eigenvalue weighted by atomic mass is 10.1. The summed E-state index contributed by atoms with van der Waals surface area (Å²) in [6.07, 6.45) is 0. The minimum atomic E-state index is -0.332. The molecule has 0 radical (unpaired) electrons. The maximum atomic E-state index is 13.2. The molecule has 0 unspecified atom stereocenters. The van der Waals surface area contributed by atoms with E-state index in [1.807, 2.05) is 25.1 Å². The number of nitrogens with zero attached hydrogens (tertiary/aromatic N) is 1. The summed E-state index contributed by atoms with van der Waals surface area (Å²) in [6.45, 7) is 2.41. The molecular weight excluding hydrogens is 307 g/mol. The molecule has 0 amide bonds. The zero-order chi connectivity index (χ0) is 13.8. The van der Waals surface area contributed by atoms with Gasteiger partial charge in [0, 0.05) is 16.7 Å². The number of hydrogen-bond acceptors (Lipinski definition) is 2. The molecule has 0 aliphatic rings. The summed E-state index contributed by atoms with van der Waals surface area (Å²) in [6, 6.07) is 12.2. The van der Waals surface area contributed by atoms with Gasteiger partial charge in [-0.2, -0.15) is 5.26 Å². The Morgan fingerprint density at radius 3 is 2.74 bits per heavy atom. The van der Waals surface area contributed by atoms with Gasteiger partial charge >= 0.3 is 0 Å². The molecular formula is C15H12BrFN2. The van der Waals surface area contributed by atoms with Crippen LogP contribution in [0.1, 0.15) is 16.7 Å². The number of hydrogen-bond donors (Lipinski definition) is 1. The van der Waals surface area contributed by atoms with Crippen LogP contribution in [0.15, 0.2) is 40.9 Å². The second kappa shape index (κ2) is 5.85. The summed E-state index contributed by atoms with van der Waals surface area (Å²) in [5.41, 5.74) is 3.19. The normalized spacial score (nSPS) is 10.0. The Hall–Kier alpha value is -1.86. The third-order valence-corrected chi connectivity index (χ3v) is 3.17. The van der Waals surface area contributed by atoms with Crippen LogP contribution in [0.5, 0.6) is 0 Å². The van der Waals surface area contributed by atoms with Crippen molar-refractivity contribution in [1.29, 1.82) is 5.26 Å². The molecule has 2 rings (SSSR count). The topological polar surface area (TPSA) is 35.8 Å². The molecule has 1 N–H and O–H groups in total. The molecule has 0 atom stereocenters. The number of benzene rings is 2. The van der Waals surface area contributed by atoms with Crippen molar-refractivity contribution in [3.8, 4) is 6.07 Å². The van der Waals surface area contributed by atoms with Crippen LogP contribution in [-0.2, 0) is 6.54 Å². The number of nitrogens with one attached hydrogen (secondary N) is 1. The average molecular weight is 319 g/mol. The summed E-state index contributed by atoms with van der Waals surface area (Å²) >= 11 is 3.43. The van der Waals surface area contributed by atoms with Crippen LogP contribution >= 0.6 is 15.9 Å². The van der Waals surface area contributed by atoms with E-state index < -0.39 is 0 Å². The summed E-state index contributed by atoms with van der Waals surface area (Å²) in [5, 5.41) is 12.2. The fourth-order valence-corrected chi connectivity index (χ4v) is 2.46. The average Bonchev–Trinajstić information content (AvgIpc) is 2.35. The first-order valence-corrected chi connectivity index (χ1v) is 6.57. The largest absolute Gasteiger partial charge is 0.381 e. The van der Waals surface area contributed by atoms with Gasteiger partial charge < -0.3 is 5.32 Å². The van der Waals surface area contributed by atoms with Gasteiger partial charge in [-0.1, -0.05) is 15.9 Å². The van der Waals surface area contributed by atoms with Crippen LogP contribution in [0.3, 0.4) is 0 Å².